The van der Waals surface area contributed by atoms with Crippen LogP contribution >= 0.6 is 27.7 Å². The Morgan fingerprint density at radius 1 is 1.63 bits per heavy atom. The average Bonchev–Trinajstić information content (AvgIpc) is 2.38. The van der Waals surface area contributed by atoms with E-state index in [4.69, 9.17) is 5.73 Å². The van der Waals surface area contributed by atoms with Crippen LogP contribution in [0.4, 0.5) is 11.4 Å². The Bertz CT molecular complexity index is 484. The van der Waals surface area contributed by atoms with E-state index in [1.165, 1.54) is 18.2 Å². The predicted molar refractivity (Wildman–Crippen MR) is 80.4 cm³/mol. The van der Waals surface area contributed by atoms with Crippen molar-refractivity contribution in [1.29, 1.82) is 0 Å². The molecule has 0 heterocycles. The predicted octanol–water partition coefficient (Wildman–Crippen LogP) is 2.38. The van der Waals surface area contributed by atoms with Gasteiger partial charge in [0.2, 0.25) is 5.91 Å². The molecule has 0 radical (unpaired) electrons. The number of benzene rings is 1. The van der Waals surface area contributed by atoms with E-state index >= 15 is 0 Å². The molecule has 0 saturated carbocycles. The zero-order valence-corrected chi connectivity index (χ0v) is 12.7. The first kappa shape index (κ1) is 15.9. The maximum absolute atomic E-state index is 11.8. The number of nitro benzene ring substituents is 1. The number of hydrogen-bond acceptors (Lipinski definition) is 5. The van der Waals surface area contributed by atoms with Gasteiger partial charge in [0, 0.05) is 16.6 Å². The smallest absolute Gasteiger partial charge is 0.271 e. The minimum absolute atomic E-state index is 0.0869. The summed E-state index contributed by atoms with van der Waals surface area (Å²) in [5.74, 6) is 0.431. The second-order valence-electron chi connectivity index (χ2n) is 3.80. The summed E-state index contributed by atoms with van der Waals surface area (Å²) in [7, 11) is 0. The molecule has 19 heavy (non-hydrogen) atoms. The van der Waals surface area contributed by atoms with E-state index in [1.54, 1.807) is 11.8 Å². The third-order valence-electron chi connectivity index (χ3n) is 2.39. The number of anilines is 1. The Balaban J connectivity index is 2.78. The van der Waals surface area contributed by atoms with E-state index in [9.17, 15) is 14.9 Å². The van der Waals surface area contributed by atoms with Crippen molar-refractivity contribution < 1.29 is 9.72 Å². The SMILES string of the molecule is CSCC[C@H](N)C(=O)Nc1cc([N+](=O)[O-])ccc1Br. The van der Waals surface area contributed by atoms with E-state index in [-0.39, 0.29) is 11.6 Å². The van der Waals surface area contributed by atoms with Crippen LogP contribution in [-0.2, 0) is 4.79 Å². The van der Waals surface area contributed by atoms with Crippen LogP contribution in [0.2, 0.25) is 0 Å². The number of halogens is 1. The number of nitro groups is 1. The first-order valence-electron chi connectivity index (χ1n) is 5.45. The third kappa shape index (κ3) is 4.81. The lowest BCUT2D eigenvalue weighted by Crippen LogP contribution is -2.36. The summed E-state index contributed by atoms with van der Waals surface area (Å²) >= 11 is 4.83. The fourth-order valence-corrected chi connectivity index (χ4v) is 2.16. The highest BCUT2D eigenvalue weighted by atomic mass is 79.9. The Labute approximate surface area is 123 Å². The first-order chi connectivity index (χ1) is 8.95. The summed E-state index contributed by atoms with van der Waals surface area (Å²) in [6.45, 7) is 0. The van der Waals surface area contributed by atoms with Gasteiger partial charge in [-0.25, -0.2) is 0 Å². The van der Waals surface area contributed by atoms with Gasteiger partial charge in [-0.05, 0) is 40.4 Å². The lowest BCUT2D eigenvalue weighted by atomic mass is 10.2. The molecular formula is C11H14BrN3O3S. The van der Waals surface area contributed by atoms with Crippen LogP contribution in [0, 0.1) is 10.1 Å². The van der Waals surface area contributed by atoms with Crippen LogP contribution in [0.25, 0.3) is 0 Å². The van der Waals surface area contributed by atoms with Gasteiger partial charge in [0.1, 0.15) is 0 Å². The highest BCUT2D eigenvalue weighted by molar-refractivity contribution is 9.10. The normalized spacial score (nSPS) is 11.9. The Hall–Kier alpha value is -1.12. The molecule has 1 aromatic rings. The number of amides is 1. The van der Waals surface area contributed by atoms with Gasteiger partial charge in [0.05, 0.1) is 16.7 Å². The van der Waals surface area contributed by atoms with Crippen LogP contribution in [0.15, 0.2) is 22.7 Å². The molecule has 3 N–H and O–H groups in total. The molecule has 8 heteroatoms. The zero-order valence-electron chi connectivity index (χ0n) is 10.3. The standard InChI is InChI=1S/C11H14BrN3O3S/c1-19-5-4-9(13)11(16)14-10-6-7(15(17)18)2-3-8(10)12/h2-3,6,9H,4-5,13H2,1H3,(H,14,16)/t9-/m0/s1. The van der Waals surface area contributed by atoms with Crippen molar-refractivity contribution in [3.05, 3.63) is 32.8 Å². The van der Waals surface area contributed by atoms with Crippen molar-refractivity contribution in [1.82, 2.24) is 0 Å². The lowest BCUT2D eigenvalue weighted by molar-refractivity contribution is -0.384. The second kappa shape index (κ2) is 7.46. The van der Waals surface area contributed by atoms with Gasteiger partial charge in [-0.2, -0.15) is 11.8 Å². The van der Waals surface area contributed by atoms with Crippen LogP contribution < -0.4 is 11.1 Å². The van der Waals surface area contributed by atoms with Crippen molar-refractivity contribution in [2.75, 3.05) is 17.3 Å². The quantitative estimate of drug-likeness (QED) is 0.608. The molecule has 0 bridgehead atoms. The van der Waals surface area contributed by atoms with Gasteiger partial charge in [0.15, 0.2) is 0 Å². The van der Waals surface area contributed by atoms with Gasteiger partial charge in [0.25, 0.3) is 5.69 Å². The summed E-state index contributed by atoms with van der Waals surface area (Å²) in [5.41, 5.74) is 5.98. The summed E-state index contributed by atoms with van der Waals surface area (Å²) in [6, 6.07) is 3.54. The number of nitrogens with two attached hydrogens (primary N) is 1. The second-order valence-corrected chi connectivity index (χ2v) is 5.64. The molecule has 6 nitrogen and oxygen atoms in total. The Kier molecular flexibility index (Phi) is 6.26. The van der Waals surface area contributed by atoms with Gasteiger partial charge in [-0.3, -0.25) is 14.9 Å². The molecular weight excluding hydrogens is 334 g/mol. The summed E-state index contributed by atoms with van der Waals surface area (Å²) in [6.07, 6.45) is 2.49. The van der Waals surface area contributed by atoms with Crippen molar-refractivity contribution in [3.8, 4) is 0 Å². The first-order valence-corrected chi connectivity index (χ1v) is 7.63. The Morgan fingerprint density at radius 2 is 2.32 bits per heavy atom. The van der Waals surface area contributed by atoms with Crippen LogP contribution in [0.5, 0.6) is 0 Å². The van der Waals surface area contributed by atoms with Crippen molar-refractivity contribution >= 4 is 45.0 Å². The van der Waals surface area contributed by atoms with E-state index in [0.717, 1.165) is 5.75 Å². The molecule has 1 atom stereocenters. The third-order valence-corrected chi connectivity index (χ3v) is 3.72. The van der Waals surface area contributed by atoms with Gasteiger partial charge < -0.3 is 11.1 Å². The molecule has 0 aliphatic heterocycles. The molecule has 0 saturated heterocycles. The molecule has 1 amide bonds. The molecule has 1 aromatic carbocycles. The van der Waals surface area contributed by atoms with Crippen LogP contribution in [0.3, 0.4) is 0 Å². The summed E-state index contributed by atoms with van der Waals surface area (Å²) in [5, 5.41) is 13.3. The largest absolute Gasteiger partial charge is 0.323 e. The summed E-state index contributed by atoms with van der Waals surface area (Å²) in [4.78, 5) is 22.0. The lowest BCUT2D eigenvalue weighted by Gasteiger charge is -2.12. The molecule has 0 fully saturated rings. The molecule has 104 valence electrons. The highest BCUT2D eigenvalue weighted by Crippen LogP contribution is 2.27. The van der Waals surface area contributed by atoms with Gasteiger partial charge in [-0.1, -0.05) is 0 Å². The molecule has 0 spiro atoms. The fourth-order valence-electron chi connectivity index (χ4n) is 1.32. The number of rotatable bonds is 6. The van der Waals surface area contributed by atoms with E-state index < -0.39 is 11.0 Å². The monoisotopic (exact) mass is 347 g/mol. The fraction of sp³-hybridized carbons (Fsp3) is 0.364. The highest BCUT2D eigenvalue weighted by Gasteiger charge is 2.16. The molecule has 0 aliphatic rings. The van der Waals surface area contributed by atoms with Gasteiger partial charge >= 0.3 is 0 Å². The number of thioether (sulfide) groups is 1. The number of non-ortho nitro benzene ring substituents is 1. The van der Waals surface area contributed by atoms with Crippen molar-refractivity contribution in [2.24, 2.45) is 5.73 Å². The van der Waals surface area contributed by atoms with Crippen molar-refractivity contribution in [2.45, 2.75) is 12.5 Å². The van der Waals surface area contributed by atoms with Crippen LogP contribution in [-0.4, -0.2) is 28.9 Å². The Morgan fingerprint density at radius 3 is 2.89 bits per heavy atom. The average molecular weight is 348 g/mol. The van der Waals surface area contributed by atoms with Gasteiger partial charge in [-0.15, -0.1) is 0 Å². The zero-order chi connectivity index (χ0) is 14.4. The molecule has 0 aromatic heterocycles. The maximum atomic E-state index is 11.8. The minimum atomic E-state index is -0.626. The van der Waals surface area contributed by atoms with E-state index in [2.05, 4.69) is 21.2 Å². The molecule has 0 unspecified atom stereocenters. The summed E-state index contributed by atoms with van der Waals surface area (Å²) < 4.78 is 0.573. The van der Waals surface area contributed by atoms with E-state index in [1.807, 2.05) is 6.26 Å². The minimum Gasteiger partial charge on any atom is -0.323 e. The molecule has 1 rings (SSSR count). The number of carbonyl (C=O) groups is 1. The molecule has 0 aliphatic carbocycles. The number of nitrogens with zero attached hydrogens (tertiary/aromatic N) is 1. The maximum Gasteiger partial charge on any atom is 0.271 e. The van der Waals surface area contributed by atoms with E-state index in [0.29, 0.717) is 16.6 Å². The number of carbonyl (C=O) groups excluding carboxylic acids is 1. The van der Waals surface area contributed by atoms with Crippen LogP contribution in [0.1, 0.15) is 6.42 Å². The number of hydrogen-bond donors (Lipinski definition) is 2. The topological polar surface area (TPSA) is 98.3 Å². The van der Waals surface area contributed by atoms with Crippen molar-refractivity contribution in [3.63, 3.8) is 0 Å². The number of nitrogens with one attached hydrogen (secondary N) is 1.